The van der Waals surface area contributed by atoms with Crippen molar-refractivity contribution in [3.63, 3.8) is 0 Å². The molecule has 1 aromatic rings. The first kappa shape index (κ1) is 53.5. The Balaban J connectivity index is 1.30. The van der Waals surface area contributed by atoms with Crippen LogP contribution < -0.4 is 31.9 Å². The molecule has 19 nitrogen and oxygen atoms in total. The van der Waals surface area contributed by atoms with E-state index in [1.165, 1.54) is 13.0 Å². The smallest absolute Gasteiger partial charge is 0.333 e. The lowest BCUT2D eigenvalue weighted by molar-refractivity contribution is -0.186. The van der Waals surface area contributed by atoms with Gasteiger partial charge in [-0.1, -0.05) is 71.5 Å². The number of cyclic esters (lactones) is 1. The summed E-state index contributed by atoms with van der Waals surface area (Å²) in [5.41, 5.74) is 0.918. The van der Waals surface area contributed by atoms with E-state index >= 15 is 0 Å². The molecule has 3 unspecified atom stereocenters. The Morgan fingerprint density at radius 1 is 0.925 bits per heavy atom. The number of nitrogens with zero attached hydrogens (tertiary/aromatic N) is 1. The molecule has 0 aliphatic carbocycles. The fraction of sp³-hybridized carbons (Fsp3) is 0.604. The van der Waals surface area contributed by atoms with Crippen LogP contribution in [0.5, 0.6) is 0 Å². The number of nitrogens with one attached hydrogen (secondary N) is 6. The molecule has 3 aliphatic rings. The van der Waals surface area contributed by atoms with Crippen molar-refractivity contribution < 1.29 is 57.5 Å². The third kappa shape index (κ3) is 15.7. The fourth-order valence-electron chi connectivity index (χ4n) is 7.44. The summed E-state index contributed by atoms with van der Waals surface area (Å²) in [6.45, 7) is 19.4. The predicted molar refractivity (Wildman–Crippen MR) is 244 cm³/mol. The van der Waals surface area contributed by atoms with Crippen molar-refractivity contribution in [2.24, 2.45) is 23.2 Å². The van der Waals surface area contributed by atoms with Gasteiger partial charge in [0.05, 0.1) is 23.8 Å². The highest BCUT2D eigenvalue weighted by atomic mass is 16.7. The van der Waals surface area contributed by atoms with Gasteiger partial charge in [0, 0.05) is 44.2 Å². The lowest BCUT2D eigenvalue weighted by atomic mass is 9.83. The van der Waals surface area contributed by atoms with E-state index in [-0.39, 0.29) is 81.1 Å². The number of hydroxylamine groups is 2. The average Bonchev–Trinajstić information content (AvgIpc) is 4.01. The standard InChI is InChI=1S/C48H69N7O12/c1-26(2)23-34-46(63)65-35(13-11-14-36(56)49-25-38(58)52-31(8)48(9,10)47(64)53-34)29(6)42-43(66-42)33-20-18-32(19-21-33)24-50-44(61)30(7)51-45(62)41(27(3)4)54-37(57)15-12-16-40(60)67-55-28(5)17-22-39(55)59/h11,14,18-21,26-27,29-31,34-35,41-43H,5,12-13,15-17,22-25H2,1-4,6-10H3,(H,49,56)(H,50,61)(H,51,62)(H,52,58)(H,53,64)(H,54,57)/b14-11+/t29?,30?,31?,34-,35-,41-,42+,43+/m0/s1. The summed E-state index contributed by atoms with van der Waals surface area (Å²) in [7, 11) is 0. The summed E-state index contributed by atoms with van der Waals surface area (Å²) in [4.78, 5) is 121. The molecule has 2 saturated heterocycles. The number of benzene rings is 1. The Hall–Kier alpha value is -6.11. The Morgan fingerprint density at radius 2 is 1.61 bits per heavy atom. The van der Waals surface area contributed by atoms with Gasteiger partial charge in [-0.3, -0.25) is 33.6 Å². The average molecular weight is 936 g/mol. The van der Waals surface area contributed by atoms with Gasteiger partial charge in [0.25, 0.3) is 5.91 Å². The molecule has 0 spiro atoms. The largest absolute Gasteiger partial charge is 0.460 e. The van der Waals surface area contributed by atoms with Gasteiger partial charge >= 0.3 is 11.9 Å². The summed E-state index contributed by atoms with van der Waals surface area (Å²) >= 11 is 0. The van der Waals surface area contributed by atoms with Crippen molar-refractivity contribution in [2.45, 2.75) is 156 Å². The van der Waals surface area contributed by atoms with Crippen molar-refractivity contribution in [3.8, 4) is 0 Å². The molecule has 8 atom stereocenters. The normalized spacial score (nSPS) is 24.3. The zero-order valence-electron chi connectivity index (χ0n) is 40.2. The number of epoxide rings is 1. The lowest BCUT2D eigenvalue weighted by Gasteiger charge is -2.33. The number of ether oxygens (including phenoxy) is 2. The first-order valence-electron chi connectivity index (χ1n) is 23.1. The maximum atomic E-state index is 13.8. The Labute approximate surface area is 392 Å². The van der Waals surface area contributed by atoms with Gasteiger partial charge in [0.1, 0.15) is 30.3 Å². The van der Waals surface area contributed by atoms with Gasteiger partial charge in [-0.2, -0.15) is 0 Å². The minimum absolute atomic E-state index is 0.0331. The molecule has 19 heteroatoms. The molecule has 0 aromatic heterocycles. The van der Waals surface area contributed by atoms with Crippen LogP contribution in [0.15, 0.2) is 48.7 Å². The maximum Gasteiger partial charge on any atom is 0.333 e. The highest BCUT2D eigenvalue weighted by molar-refractivity contribution is 5.93. The van der Waals surface area contributed by atoms with Crippen molar-refractivity contribution in [3.05, 3.63) is 59.8 Å². The molecule has 3 aliphatic heterocycles. The summed E-state index contributed by atoms with van der Waals surface area (Å²) in [6, 6.07) is 3.95. The van der Waals surface area contributed by atoms with Crippen molar-refractivity contribution in [1.29, 1.82) is 0 Å². The summed E-state index contributed by atoms with van der Waals surface area (Å²) in [5, 5.41) is 17.2. The quantitative estimate of drug-likeness (QED) is 0.0974. The first-order chi connectivity index (χ1) is 31.5. The molecule has 0 saturated carbocycles. The van der Waals surface area contributed by atoms with Crippen LogP contribution in [-0.2, 0) is 64.0 Å². The van der Waals surface area contributed by atoms with Gasteiger partial charge < -0.3 is 46.2 Å². The number of hydrogen-bond acceptors (Lipinski definition) is 12. The van der Waals surface area contributed by atoms with Crippen LogP contribution in [-0.4, -0.2) is 101 Å². The van der Waals surface area contributed by atoms with E-state index in [0.29, 0.717) is 18.5 Å². The molecule has 3 heterocycles. The molecule has 368 valence electrons. The molecule has 2 fully saturated rings. The van der Waals surface area contributed by atoms with Crippen molar-refractivity contribution >= 4 is 53.3 Å². The van der Waals surface area contributed by atoms with E-state index in [0.717, 1.165) is 16.2 Å². The number of allylic oxidation sites excluding steroid dienone is 1. The van der Waals surface area contributed by atoms with Crippen molar-refractivity contribution in [2.75, 3.05) is 6.54 Å². The molecular formula is C48H69N7O12. The van der Waals surface area contributed by atoms with E-state index in [1.54, 1.807) is 40.7 Å². The van der Waals surface area contributed by atoms with E-state index in [1.807, 2.05) is 45.0 Å². The van der Waals surface area contributed by atoms with Crippen LogP contribution in [0.2, 0.25) is 0 Å². The first-order valence-corrected chi connectivity index (χ1v) is 23.1. The second-order valence-corrected chi connectivity index (χ2v) is 18.9. The molecule has 7 amide bonds. The van der Waals surface area contributed by atoms with E-state index < -0.39 is 83.1 Å². The minimum Gasteiger partial charge on any atom is -0.460 e. The van der Waals surface area contributed by atoms with Crippen LogP contribution >= 0.6 is 0 Å². The second kappa shape index (κ2) is 24.1. The summed E-state index contributed by atoms with van der Waals surface area (Å²) in [6.07, 6.45) is 2.50. The van der Waals surface area contributed by atoms with E-state index in [2.05, 4.69) is 38.5 Å². The topological polar surface area (TPSA) is 260 Å². The van der Waals surface area contributed by atoms with Crippen LogP contribution in [0.25, 0.3) is 0 Å². The third-order valence-electron chi connectivity index (χ3n) is 12.2. The van der Waals surface area contributed by atoms with Gasteiger partial charge in [0.15, 0.2) is 0 Å². The van der Waals surface area contributed by atoms with Gasteiger partial charge in [0.2, 0.25) is 35.4 Å². The van der Waals surface area contributed by atoms with Gasteiger partial charge in [-0.05, 0) is 76.0 Å². The fourth-order valence-corrected chi connectivity index (χ4v) is 7.44. The molecule has 1 aromatic carbocycles. The van der Waals surface area contributed by atoms with Crippen LogP contribution in [0.1, 0.15) is 124 Å². The van der Waals surface area contributed by atoms with Crippen LogP contribution in [0.3, 0.4) is 0 Å². The molecular weight excluding hydrogens is 867 g/mol. The SMILES string of the molecule is C=C1CCC(=O)N1OC(=O)CCCC(=O)N[C@H](C(=O)NC(C)C(=O)NCc1ccc([C@H]2O[C@@H]2C(C)[C@@H]2C/C=C/C(=O)NCC(=O)NC(C)C(C)(C)C(=O)N[C@@H](CC(C)C)C(=O)O2)cc1)C(C)C. The molecule has 0 radical (unpaired) electrons. The predicted octanol–water partition coefficient (Wildman–Crippen LogP) is 2.84. The van der Waals surface area contributed by atoms with Gasteiger partial charge in [-0.25, -0.2) is 9.59 Å². The van der Waals surface area contributed by atoms with Crippen LogP contribution in [0, 0.1) is 23.2 Å². The number of amides is 7. The molecule has 4 rings (SSSR count). The number of carbonyl (C=O) groups excluding carboxylic acids is 9. The maximum absolute atomic E-state index is 13.8. The monoisotopic (exact) mass is 936 g/mol. The second-order valence-electron chi connectivity index (χ2n) is 18.9. The number of esters is 1. The zero-order chi connectivity index (χ0) is 49.7. The Morgan fingerprint density at radius 3 is 2.24 bits per heavy atom. The molecule has 0 bridgehead atoms. The highest BCUT2D eigenvalue weighted by Crippen LogP contribution is 2.45. The number of hydrogen-bond donors (Lipinski definition) is 6. The van der Waals surface area contributed by atoms with Crippen molar-refractivity contribution in [1.82, 2.24) is 37.0 Å². The molecule has 67 heavy (non-hydrogen) atoms. The minimum atomic E-state index is -1.11. The zero-order valence-corrected chi connectivity index (χ0v) is 40.2. The molecule has 6 N–H and O–H groups in total. The third-order valence-corrected chi connectivity index (χ3v) is 12.2. The Bertz CT molecular complexity index is 2030. The summed E-state index contributed by atoms with van der Waals surface area (Å²) < 4.78 is 12.2. The number of carbonyl (C=O) groups is 9. The van der Waals surface area contributed by atoms with Gasteiger partial charge in [-0.15, -0.1) is 5.06 Å². The van der Waals surface area contributed by atoms with E-state index in [9.17, 15) is 43.2 Å². The Kier molecular flexibility index (Phi) is 19.2. The lowest BCUT2D eigenvalue weighted by Crippen LogP contribution is -2.56. The highest BCUT2D eigenvalue weighted by Gasteiger charge is 2.48. The van der Waals surface area contributed by atoms with Crippen LogP contribution in [0.4, 0.5) is 0 Å². The number of rotatable bonds is 17. The van der Waals surface area contributed by atoms with E-state index in [4.69, 9.17) is 14.3 Å². The summed E-state index contributed by atoms with van der Waals surface area (Å²) in [5.74, 6) is -5.13.